The summed E-state index contributed by atoms with van der Waals surface area (Å²) in [6.07, 6.45) is 24.7. The molecule has 2 aliphatic heterocycles. The van der Waals surface area contributed by atoms with Crippen molar-refractivity contribution >= 4 is 5.91 Å². The van der Waals surface area contributed by atoms with Crippen LogP contribution in [0.1, 0.15) is 251 Å². The standard InChI is InChI=1S/C56H109NO14/c1-3-5-7-9-11-13-15-17-18-19-20-21-22-23-24-25-26-27-29-31-33-35-37-39-47(61)57-43(48(62)44(60)38-36-34-32-30-28-16-14-12-10-8-6-4-2)42-68-56-54(52(66)50(64)46(41-59)70-56)71-55-53(67)51(65)49(63)45(40-58)69-55/h43-46,48-56,58-60,62-67H,3-42H2,1-2H3,(H,57,61)/t43-,44+,45+,46+,48-,49-,50-,51-,52-,53+,54+,55-,56-/m0/s1. The van der Waals surface area contributed by atoms with Crippen LogP contribution in [0.25, 0.3) is 0 Å². The Kier molecular flexibility index (Phi) is 40.1. The number of nitrogens with one attached hydrogen (secondary N) is 1. The zero-order chi connectivity index (χ0) is 51.9. The molecule has 422 valence electrons. The first-order chi connectivity index (χ1) is 34.5. The molecule has 10 N–H and O–H groups in total. The molecular weight excluding hydrogens is 911 g/mol. The van der Waals surface area contributed by atoms with Gasteiger partial charge in [-0.2, -0.15) is 0 Å². The summed E-state index contributed by atoms with van der Waals surface area (Å²) >= 11 is 0. The van der Waals surface area contributed by atoms with Gasteiger partial charge in [-0.15, -0.1) is 0 Å². The first-order valence-electron chi connectivity index (χ1n) is 29.4. The number of hydrogen-bond acceptors (Lipinski definition) is 14. The minimum atomic E-state index is -1.84. The average molecular weight is 1020 g/mol. The van der Waals surface area contributed by atoms with Gasteiger partial charge in [0.2, 0.25) is 5.91 Å². The van der Waals surface area contributed by atoms with Gasteiger partial charge in [0.15, 0.2) is 12.6 Å². The molecule has 0 aromatic rings. The molecule has 0 saturated carbocycles. The Morgan fingerprint density at radius 1 is 0.465 bits per heavy atom. The number of carbonyl (C=O) groups excluding carboxylic acids is 1. The zero-order valence-electron chi connectivity index (χ0n) is 44.9. The smallest absolute Gasteiger partial charge is 0.220 e. The van der Waals surface area contributed by atoms with Crippen LogP contribution < -0.4 is 5.32 Å². The zero-order valence-corrected chi connectivity index (χ0v) is 44.9. The third kappa shape index (κ3) is 29.2. The van der Waals surface area contributed by atoms with Crippen LogP contribution in [0, 0.1) is 0 Å². The second-order valence-electron chi connectivity index (χ2n) is 21.3. The molecule has 1 amide bonds. The van der Waals surface area contributed by atoms with E-state index in [9.17, 15) is 50.8 Å². The Morgan fingerprint density at radius 2 is 0.817 bits per heavy atom. The van der Waals surface area contributed by atoms with Crippen molar-refractivity contribution in [3.05, 3.63) is 0 Å². The van der Waals surface area contributed by atoms with E-state index in [1.54, 1.807) is 0 Å². The lowest BCUT2D eigenvalue weighted by Gasteiger charge is -2.46. The van der Waals surface area contributed by atoms with Crippen LogP contribution in [0.4, 0.5) is 0 Å². The van der Waals surface area contributed by atoms with Crippen molar-refractivity contribution in [2.45, 2.75) is 331 Å². The van der Waals surface area contributed by atoms with Gasteiger partial charge < -0.3 is 70.2 Å². The number of hydrogen-bond donors (Lipinski definition) is 10. The topological polar surface area (TPSA) is 248 Å². The van der Waals surface area contributed by atoms with E-state index >= 15 is 0 Å². The monoisotopic (exact) mass is 1020 g/mol. The second-order valence-corrected chi connectivity index (χ2v) is 21.3. The molecule has 13 atom stereocenters. The van der Waals surface area contributed by atoms with E-state index in [0.717, 1.165) is 38.5 Å². The van der Waals surface area contributed by atoms with Crippen molar-refractivity contribution in [1.82, 2.24) is 5.32 Å². The molecule has 0 spiro atoms. The summed E-state index contributed by atoms with van der Waals surface area (Å²) in [5.41, 5.74) is 0. The SMILES string of the molecule is CCCCCCCCCCCCCCCCCCCCCCCCCC(=O)N[C@@H](CO[C@H]1O[C@H](CO)[C@H](O)[C@H](O)[C@H]1O[C@@H]1O[C@H](CO)[C@H](O)[C@H](O)[C@H]1O)[C@H](O)[C@H](O)CCCCCCCCCCCCCC. The summed E-state index contributed by atoms with van der Waals surface area (Å²) in [5.74, 6) is -0.332. The molecule has 2 heterocycles. The van der Waals surface area contributed by atoms with Crippen molar-refractivity contribution in [3.63, 3.8) is 0 Å². The Balaban J connectivity index is 1.81. The predicted molar refractivity (Wildman–Crippen MR) is 278 cm³/mol. The lowest BCUT2D eigenvalue weighted by molar-refractivity contribution is -0.368. The summed E-state index contributed by atoms with van der Waals surface area (Å²) in [5, 5.41) is 98.2. The fraction of sp³-hybridized carbons (Fsp3) is 0.982. The van der Waals surface area contributed by atoms with E-state index in [2.05, 4.69) is 19.2 Å². The number of rotatable bonds is 47. The number of aliphatic hydroxyl groups excluding tert-OH is 9. The third-order valence-electron chi connectivity index (χ3n) is 14.9. The number of unbranched alkanes of at least 4 members (excludes halogenated alkanes) is 33. The van der Waals surface area contributed by atoms with E-state index in [1.165, 1.54) is 173 Å². The summed E-state index contributed by atoms with van der Waals surface area (Å²) < 4.78 is 23.0. The number of carbonyl (C=O) groups is 1. The van der Waals surface area contributed by atoms with Crippen LogP contribution >= 0.6 is 0 Å². The molecule has 0 bridgehead atoms. The van der Waals surface area contributed by atoms with E-state index < -0.39 is 99.5 Å². The van der Waals surface area contributed by atoms with Gasteiger partial charge in [-0.1, -0.05) is 232 Å². The van der Waals surface area contributed by atoms with Gasteiger partial charge in [0.25, 0.3) is 0 Å². The number of amides is 1. The molecule has 15 heteroatoms. The van der Waals surface area contributed by atoms with E-state index in [4.69, 9.17) is 18.9 Å². The van der Waals surface area contributed by atoms with Crippen molar-refractivity contribution in [3.8, 4) is 0 Å². The lowest BCUT2D eigenvalue weighted by Crippen LogP contribution is -2.65. The largest absolute Gasteiger partial charge is 0.394 e. The van der Waals surface area contributed by atoms with Crippen molar-refractivity contribution < 1.29 is 69.7 Å². The molecule has 71 heavy (non-hydrogen) atoms. The average Bonchev–Trinajstić information content (AvgIpc) is 3.37. The highest BCUT2D eigenvalue weighted by molar-refractivity contribution is 5.76. The summed E-state index contributed by atoms with van der Waals surface area (Å²) in [4.78, 5) is 13.4. The van der Waals surface area contributed by atoms with Crippen molar-refractivity contribution in [2.24, 2.45) is 0 Å². The second kappa shape index (κ2) is 43.1. The van der Waals surface area contributed by atoms with Gasteiger partial charge >= 0.3 is 0 Å². The van der Waals surface area contributed by atoms with E-state index in [0.29, 0.717) is 19.3 Å². The predicted octanol–water partition coefficient (Wildman–Crippen LogP) is 8.31. The van der Waals surface area contributed by atoms with Gasteiger partial charge in [-0.3, -0.25) is 4.79 Å². The normalized spacial score (nSPS) is 26.1. The van der Waals surface area contributed by atoms with Gasteiger partial charge in [0.1, 0.15) is 54.9 Å². The molecule has 2 rings (SSSR count). The van der Waals surface area contributed by atoms with Crippen molar-refractivity contribution in [2.75, 3.05) is 19.8 Å². The van der Waals surface area contributed by atoms with Gasteiger partial charge in [-0.05, 0) is 12.8 Å². The first kappa shape index (κ1) is 66.1. The fourth-order valence-corrected chi connectivity index (χ4v) is 10.1. The maximum Gasteiger partial charge on any atom is 0.220 e. The summed E-state index contributed by atoms with van der Waals surface area (Å²) in [6.45, 7) is 2.61. The summed E-state index contributed by atoms with van der Waals surface area (Å²) in [6, 6.07) is -1.13. The molecular formula is C56H109NO14. The Labute approximate surface area is 430 Å². The van der Waals surface area contributed by atoms with Crippen LogP contribution in [-0.4, -0.2) is 151 Å². The highest BCUT2D eigenvalue weighted by Gasteiger charge is 2.51. The number of aliphatic hydroxyl groups is 9. The van der Waals surface area contributed by atoms with Crippen LogP contribution in [0.5, 0.6) is 0 Å². The van der Waals surface area contributed by atoms with Gasteiger partial charge in [0, 0.05) is 6.42 Å². The highest BCUT2D eigenvalue weighted by Crippen LogP contribution is 2.30. The Hall–Kier alpha value is -1.05. The minimum absolute atomic E-state index is 0.206. The molecule has 2 fully saturated rings. The molecule has 0 aliphatic carbocycles. The molecule has 15 nitrogen and oxygen atoms in total. The highest BCUT2D eigenvalue weighted by atomic mass is 16.8. The van der Waals surface area contributed by atoms with Gasteiger partial charge in [0.05, 0.1) is 32.0 Å². The van der Waals surface area contributed by atoms with E-state index in [-0.39, 0.29) is 12.3 Å². The molecule has 2 aliphatic rings. The quantitative estimate of drug-likeness (QED) is 0.0258. The lowest BCUT2D eigenvalue weighted by atomic mass is 9.97. The van der Waals surface area contributed by atoms with Crippen LogP contribution in [0.2, 0.25) is 0 Å². The Bertz CT molecular complexity index is 1220. The Morgan fingerprint density at radius 3 is 1.21 bits per heavy atom. The molecule has 0 aromatic heterocycles. The summed E-state index contributed by atoms with van der Waals surface area (Å²) in [7, 11) is 0. The number of ether oxygens (including phenoxy) is 4. The van der Waals surface area contributed by atoms with Crippen LogP contribution in [0.15, 0.2) is 0 Å². The maximum absolute atomic E-state index is 13.4. The molecule has 0 aromatic carbocycles. The molecule has 0 unspecified atom stereocenters. The minimum Gasteiger partial charge on any atom is -0.394 e. The molecule has 2 saturated heterocycles. The molecule has 0 radical (unpaired) electrons. The maximum atomic E-state index is 13.4. The van der Waals surface area contributed by atoms with Gasteiger partial charge in [-0.25, -0.2) is 0 Å². The first-order valence-corrected chi connectivity index (χ1v) is 29.4. The van der Waals surface area contributed by atoms with Crippen LogP contribution in [0.3, 0.4) is 0 Å². The van der Waals surface area contributed by atoms with Crippen LogP contribution in [-0.2, 0) is 23.7 Å². The van der Waals surface area contributed by atoms with Crippen molar-refractivity contribution in [1.29, 1.82) is 0 Å². The fourth-order valence-electron chi connectivity index (χ4n) is 10.1. The third-order valence-corrected chi connectivity index (χ3v) is 14.9. The van der Waals surface area contributed by atoms with E-state index in [1.807, 2.05) is 0 Å².